The van der Waals surface area contributed by atoms with Crippen LogP contribution in [-0.2, 0) is 29.2 Å². The number of ether oxygens (including phenoxy) is 2. The van der Waals surface area contributed by atoms with Gasteiger partial charge in [0.15, 0.2) is 0 Å². The molecule has 2 aromatic carbocycles. The third-order valence-corrected chi connectivity index (χ3v) is 12.3. The number of pyridine rings is 1. The molecule has 0 bridgehead atoms. The second-order valence-corrected chi connectivity index (χ2v) is 18.9. The smallest absolute Gasteiger partial charge is 0.259 e. The van der Waals surface area contributed by atoms with Gasteiger partial charge in [-0.3, -0.25) is 23.9 Å². The molecule has 13 nitrogen and oxygen atoms in total. The molecular weight excluding hydrogens is 723 g/mol. The summed E-state index contributed by atoms with van der Waals surface area (Å²) < 4.78 is 39.9. The third-order valence-electron chi connectivity index (χ3n) is 10.5. The van der Waals surface area contributed by atoms with E-state index in [1.807, 2.05) is 63.2 Å². The molecule has 2 saturated carbocycles. The summed E-state index contributed by atoms with van der Waals surface area (Å²) in [5.74, 6) is -1.74. The van der Waals surface area contributed by atoms with Crippen LogP contribution in [0.25, 0.3) is 22.2 Å². The van der Waals surface area contributed by atoms with E-state index in [9.17, 15) is 27.6 Å². The van der Waals surface area contributed by atoms with Gasteiger partial charge in [-0.1, -0.05) is 78.0 Å². The van der Waals surface area contributed by atoms with Gasteiger partial charge < -0.3 is 25.0 Å². The van der Waals surface area contributed by atoms with Crippen molar-refractivity contribution in [1.29, 1.82) is 0 Å². The van der Waals surface area contributed by atoms with Gasteiger partial charge in [0, 0.05) is 40.8 Å². The molecule has 1 unspecified atom stereocenters. The van der Waals surface area contributed by atoms with E-state index in [1.54, 1.807) is 40.0 Å². The molecule has 294 valence electrons. The van der Waals surface area contributed by atoms with Crippen molar-refractivity contribution in [2.75, 3.05) is 13.7 Å². The predicted octanol–water partition coefficient (Wildman–Crippen LogP) is 4.51. The fraction of sp³-hybridized carbons (Fsp3) is 0.488. The number of hydrogen-bond donors (Lipinski definition) is 3. The summed E-state index contributed by atoms with van der Waals surface area (Å²) in [5.41, 5.74) is -0.993. The Bertz CT molecular complexity index is 2120. The van der Waals surface area contributed by atoms with Crippen LogP contribution in [0.5, 0.6) is 11.5 Å². The number of hydrogen-bond acceptors (Lipinski definition) is 9. The van der Waals surface area contributed by atoms with Crippen LogP contribution in [0.1, 0.15) is 67.2 Å². The van der Waals surface area contributed by atoms with Gasteiger partial charge in [0.2, 0.25) is 27.7 Å². The third kappa shape index (κ3) is 8.34. The average molecular weight is 774 g/mol. The van der Waals surface area contributed by atoms with Crippen LogP contribution >= 0.6 is 0 Å². The van der Waals surface area contributed by atoms with Crippen LogP contribution in [0.3, 0.4) is 0 Å². The molecule has 4 amide bonds. The Balaban J connectivity index is 1.35. The largest absolute Gasteiger partial charge is 0.497 e. The van der Waals surface area contributed by atoms with Gasteiger partial charge >= 0.3 is 0 Å². The van der Waals surface area contributed by atoms with Gasteiger partial charge in [0.25, 0.3) is 5.91 Å². The fourth-order valence-corrected chi connectivity index (χ4v) is 8.26. The van der Waals surface area contributed by atoms with Crippen molar-refractivity contribution in [2.45, 2.75) is 96.2 Å². The number of likely N-dealkylation sites (tertiary alicyclic amines) is 1. The molecule has 0 spiro atoms. The maximum atomic E-state index is 14.7. The van der Waals surface area contributed by atoms with Gasteiger partial charge in [-0.25, -0.2) is 13.4 Å². The maximum Gasteiger partial charge on any atom is 0.259 e. The molecule has 0 radical (unpaired) electrons. The second kappa shape index (κ2) is 14.6. The Hall–Kier alpha value is -4.98. The number of nitrogens with zero attached hydrogens (tertiary/aromatic N) is 2. The molecule has 14 heteroatoms. The van der Waals surface area contributed by atoms with Gasteiger partial charge in [0.1, 0.15) is 35.2 Å². The lowest BCUT2D eigenvalue weighted by atomic mass is 9.84. The Kier molecular flexibility index (Phi) is 10.5. The zero-order chi connectivity index (χ0) is 40.1. The first-order valence-corrected chi connectivity index (χ1v) is 20.1. The van der Waals surface area contributed by atoms with E-state index in [0.717, 1.165) is 5.56 Å². The first-order valence-electron chi connectivity index (χ1n) is 18.6. The van der Waals surface area contributed by atoms with E-state index in [1.165, 1.54) is 11.0 Å². The van der Waals surface area contributed by atoms with Gasteiger partial charge in [-0.15, -0.1) is 6.58 Å². The number of nitrogens with one attached hydrogen (secondary N) is 3. The summed E-state index contributed by atoms with van der Waals surface area (Å²) in [6.45, 7) is 14.5. The molecular formula is C41H51N5O8S. The first kappa shape index (κ1) is 39.7. The van der Waals surface area contributed by atoms with E-state index < -0.39 is 73.5 Å². The van der Waals surface area contributed by atoms with Crippen molar-refractivity contribution in [3.05, 3.63) is 67.3 Å². The Morgan fingerprint density at radius 1 is 1.02 bits per heavy atom. The molecule has 3 aliphatic rings. The van der Waals surface area contributed by atoms with Crippen LogP contribution < -0.4 is 24.8 Å². The van der Waals surface area contributed by atoms with Crippen LogP contribution in [0.2, 0.25) is 0 Å². The van der Waals surface area contributed by atoms with E-state index in [2.05, 4.69) is 21.9 Å². The summed E-state index contributed by atoms with van der Waals surface area (Å²) in [6, 6.07) is 14.7. The molecule has 3 N–H and O–H groups in total. The zero-order valence-electron chi connectivity index (χ0n) is 32.5. The lowest BCUT2D eigenvalue weighted by molar-refractivity contribution is -0.145. The number of rotatable bonds is 12. The molecule has 2 aliphatic carbocycles. The molecule has 6 rings (SSSR count). The van der Waals surface area contributed by atoms with Gasteiger partial charge in [-0.05, 0) is 36.8 Å². The highest BCUT2D eigenvalue weighted by atomic mass is 32.2. The zero-order valence-corrected chi connectivity index (χ0v) is 33.3. The molecule has 1 saturated heterocycles. The van der Waals surface area contributed by atoms with Crippen molar-refractivity contribution >= 4 is 44.6 Å². The summed E-state index contributed by atoms with van der Waals surface area (Å²) in [4.78, 5) is 62.2. The highest BCUT2D eigenvalue weighted by Crippen LogP contribution is 2.46. The van der Waals surface area contributed by atoms with Crippen molar-refractivity contribution in [1.82, 2.24) is 25.2 Å². The quantitative estimate of drug-likeness (QED) is 0.224. The average Bonchev–Trinajstić information content (AvgIpc) is 4.06. The number of sulfonamides is 1. The van der Waals surface area contributed by atoms with Crippen molar-refractivity contribution in [3.8, 4) is 22.8 Å². The topological polar surface area (TPSA) is 173 Å². The molecule has 55 heavy (non-hydrogen) atoms. The SMILES string of the molecule is C=C[C@@H]1C[C@]1(NC(=O)C1C[C@@H](Oc2cc(-c3ccccc3)nc3cc(OC)ccc23)CN1C(=O)[C@@H](NC(=O)C(C)(C)C)C(C)(C)C)C(=O)NS(=O)(=O)C1CC1. The highest BCUT2D eigenvalue weighted by molar-refractivity contribution is 7.91. The van der Waals surface area contributed by atoms with Crippen LogP contribution in [-0.4, -0.2) is 84.6 Å². The van der Waals surface area contributed by atoms with Crippen molar-refractivity contribution in [2.24, 2.45) is 16.7 Å². The lowest BCUT2D eigenvalue weighted by Crippen LogP contribution is -2.60. The Morgan fingerprint density at radius 2 is 1.71 bits per heavy atom. The highest BCUT2D eigenvalue weighted by Gasteiger charge is 2.62. The van der Waals surface area contributed by atoms with E-state index in [-0.39, 0.29) is 25.3 Å². The number of carbonyl (C=O) groups is 4. The number of methoxy groups -OCH3 is 1. The van der Waals surface area contributed by atoms with E-state index in [0.29, 0.717) is 40.9 Å². The minimum Gasteiger partial charge on any atom is -0.497 e. The summed E-state index contributed by atoms with van der Waals surface area (Å²) in [7, 11) is -2.33. The predicted molar refractivity (Wildman–Crippen MR) is 208 cm³/mol. The fourth-order valence-electron chi connectivity index (χ4n) is 6.89. The molecule has 3 fully saturated rings. The number of aromatic nitrogens is 1. The van der Waals surface area contributed by atoms with Crippen LogP contribution in [0.15, 0.2) is 67.3 Å². The Labute approximate surface area is 322 Å². The number of amides is 4. The lowest BCUT2D eigenvalue weighted by Gasteiger charge is -2.37. The molecule has 1 aliphatic heterocycles. The van der Waals surface area contributed by atoms with Gasteiger partial charge in [-0.2, -0.15) is 0 Å². The number of benzene rings is 2. The summed E-state index contributed by atoms with van der Waals surface area (Å²) >= 11 is 0. The summed E-state index contributed by atoms with van der Waals surface area (Å²) in [5, 5.41) is 5.81. The van der Waals surface area contributed by atoms with E-state index >= 15 is 0 Å². The maximum absolute atomic E-state index is 14.7. The van der Waals surface area contributed by atoms with Crippen LogP contribution in [0, 0.1) is 16.7 Å². The van der Waals surface area contributed by atoms with E-state index in [4.69, 9.17) is 14.5 Å². The standard InChI is InChI=1S/C41H51N5O8S/c1-9-25-22-41(25,38(50)45-55(51,52)28-16-17-28)44-35(47)32-20-27(23-46(32)36(48)34(39(2,3)4)43-37(49)40(5,6)7)54-33-21-30(24-13-11-10-12-14-24)42-31-19-26(53-8)15-18-29(31)33/h9-15,18-19,21,25,27-28,32,34H,1,16-17,20,22-23H2,2-8H3,(H,43,49)(H,44,47)(H,45,50)/t25-,27-,32?,34-,41-/m1/s1. The second-order valence-electron chi connectivity index (χ2n) is 16.9. The monoisotopic (exact) mass is 773 g/mol. The molecule has 3 aromatic rings. The molecule has 5 atom stereocenters. The minimum absolute atomic E-state index is 0.0182. The van der Waals surface area contributed by atoms with Crippen molar-refractivity contribution in [3.63, 3.8) is 0 Å². The van der Waals surface area contributed by atoms with Gasteiger partial charge in [0.05, 0.1) is 30.1 Å². The Morgan fingerprint density at radius 3 is 2.29 bits per heavy atom. The number of fused-ring (bicyclic) bond motifs is 1. The van der Waals surface area contributed by atoms with Crippen LogP contribution in [0.4, 0.5) is 0 Å². The first-order chi connectivity index (χ1) is 25.8. The molecule has 1 aromatic heterocycles. The number of carbonyl (C=O) groups excluding carboxylic acids is 4. The van der Waals surface area contributed by atoms with Crippen molar-refractivity contribution < 1.29 is 37.1 Å². The minimum atomic E-state index is -3.90. The summed E-state index contributed by atoms with van der Waals surface area (Å²) in [6.07, 6.45) is 1.92. The normalized spacial score (nSPS) is 23.0. The molecule has 2 heterocycles.